The summed E-state index contributed by atoms with van der Waals surface area (Å²) in [4.78, 5) is 14.4. The molecule has 0 amide bonds. The normalized spacial score (nSPS) is 37.4. The topological polar surface area (TPSA) is 123 Å². The largest absolute Gasteiger partial charge is 1.00 e. The van der Waals surface area contributed by atoms with Crippen LogP contribution in [-0.2, 0) is 14.3 Å². The van der Waals surface area contributed by atoms with Gasteiger partial charge in [0.1, 0.15) is 18.3 Å². The monoisotopic (exact) mass is 233 g/mol. The van der Waals surface area contributed by atoms with Gasteiger partial charge >= 0.3 is 29.6 Å². The third kappa shape index (κ3) is 3.00. The minimum Gasteiger partial charge on any atom is -1.00 e. The Morgan fingerprint density at radius 2 is 2.00 bits per heavy atom. The molecule has 4 atom stereocenters. The van der Waals surface area contributed by atoms with Crippen molar-refractivity contribution in [1.82, 2.24) is 0 Å². The maximum absolute atomic E-state index is 10.0. The summed E-state index contributed by atoms with van der Waals surface area (Å²) in [6, 6.07) is 0. The molecule has 84 valence electrons. The molecule has 2 aliphatic heterocycles. The van der Waals surface area contributed by atoms with Gasteiger partial charge in [0.15, 0.2) is 6.10 Å². The van der Waals surface area contributed by atoms with Gasteiger partial charge in [-0.3, -0.25) is 0 Å². The number of hydrogen-bond acceptors (Lipinski definition) is 6. The summed E-state index contributed by atoms with van der Waals surface area (Å²) in [5, 5.41) is 18.4. The second-order valence-electron chi connectivity index (χ2n) is 3.03. The maximum Gasteiger partial charge on any atom is 1.00 e. The second kappa shape index (κ2) is 5.94. The number of fused-ring (bicyclic) bond motifs is 1. The first kappa shape index (κ1) is 15.0. The molecule has 15 heavy (non-hydrogen) atoms. The zero-order valence-electron chi connectivity index (χ0n) is 9.16. The third-order valence-electron chi connectivity index (χ3n) is 2.20. The molecule has 0 aromatic carbocycles. The molecular formula is C6H12NNaO7. The van der Waals surface area contributed by atoms with Crippen LogP contribution in [0.5, 0.6) is 0 Å². The number of aliphatic hydroxyl groups excluding tert-OH is 1. The van der Waals surface area contributed by atoms with E-state index in [2.05, 4.69) is 4.84 Å². The molecule has 0 aliphatic carbocycles. The minimum absolute atomic E-state index is 0. The van der Waals surface area contributed by atoms with Crippen molar-refractivity contribution < 1.29 is 61.0 Å². The smallest absolute Gasteiger partial charge is 1.00 e. The molecule has 0 bridgehead atoms. The number of rotatable bonds is 2. The molecule has 0 saturated carbocycles. The Labute approximate surface area is 109 Å². The predicted octanol–water partition coefficient (Wildman–Crippen LogP) is -4.99. The van der Waals surface area contributed by atoms with Gasteiger partial charge in [0, 0.05) is 0 Å². The molecular weight excluding hydrogens is 221 g/mol. The van der Waals surface area contributed by atoms with Crippen molar-refractivity contribution in [3.8, 4) is 0 Å². The molecule has 2 saturated heterocycles. The molecule has 8 nitrogen and oxygen atoms in total. The Morgan fingerprint density at radius 1 is 1.40 bits per heavy atom. The van der Waals surface area contributed by atoms with Gasteiger partial charge in [0.2, 0.25) is 0 Å². The first-order valence-corrected chi connectivity index (χ1v) is 3.91. The summed E-state index contributed by atoms with van der Waals surface area (Å²) in [6.45, 7) is 0.236. The maximum atomic E-state index is 10.0. The fraction of sp³-hybridized carbons (Fsp3) is 1.00. The minimum atomic E-state index is -0.871. The van der Waals surface area contributed by atoms with Gasteiger partial charge in [0.25, 0.3) is 5.09 Å². The van der Waals surface area contributed by atoms with Crippen LogP contribution in [0.25, 0.3) is 0 Å². The standard InChI is InChI=1S/C6H9NO6.Na.H2O.H/c8-3-1-11-6-4(13-7(9)10)2-12-5(3)6;;;/h3-6,8H,1-2H2;;1H2;/q;+1;;-1/t3-,4+,5+,6+;;;/m0.../s1. The SMILES string of the molecule is O.O=[N+]([O-])O[C@@H]1CO[C@H]2[C@@H]1OC[C@@H]2O.[H-].[Na+]. The summed E-state index contributed by atoms with van der Waals surface area (Å²) in [6.07, 6.45) is -2.41. The van der Waals surface area contributed by atoms with Gasteiger partial charge in [-0.25, -0.2) is 0 Å². The van der Waals surface area contributed by atoms with E-state index in [0.29, 0.717) is 0 Å². The van der Waals surface area contributed by atoms with E-state index in [-0.39, 0.29) is 49.7 Å². The third-order valence-corrected chi connectivity index (χ3v) is 2.20. The van der Waals surface area contributed by atoms with Crippen molar-refractivity contribution in [2.45, 2.75) is 24.4 Å². The Balaban J connectivity index is 0. The summed E-state index contributed by atoms with van der Waals surface area (Å²) >= 11 is 0. The fourth-order valence-corrected chi connectivity index (χ4v) is 1.64. The Morgan fingerprint density at radius 3 is 2.60 bits per heavy atom. The zero-order valence-corrected chi connectivity index (χ0v) is 10.2. The average Bonchev–Trinajstić information content (AvgIpc) is 2.56. The van der Waals surface area contributed by atoms with Crippen LogP contribution in [0.15, 0.2) is 0 Å². The summed E-state index contributed by atoms with van der Waals surface area (Å²) in [5.74, 6) is 0. The van der Waals surface area contributed by atoms with Gasteiger partial charge in [0.05, 0.1) is 13.2 Å². The number of hydrogen-bond donors (Lipinski definition) is 1. The summed E-state index contributed by atoms with van der Waals surface area (Å²) in [5.41, 5.74) is 0. The molecule has 0 aromatic heterocycles. The van der Waals surface area contributed by atoms with E-state index >= 15 is 0 Å². The van der Waals surface area contributed by atoms with Crippen LogP contribution >= 0.6 is 0 Å². The second-order valence-corrected chi connectivity index (χ2v) is 3.03. The fourth-order valence-electron chi connectivity index (χ4n) is 1.64. The van der Waals surface area contributed by atoms with Crippen LogP contribution in [-0.4, -0.2) is 53.3 Å². The molecule has 0 spiro atoms. The Hall–Kier alpha value is 0.0400. The predicted molar refractivity (Wildman–Crippen MR) is 42.1 cm³/mol. The Bertz CT molecular complexity index is 233. The van der Waals surface area contributed by atoms with Crippen LogP contribution in [0.3, 0.4) is 0 Å². The number of nitrogens with zero attached hydrogens (tertiary/aromatic N) is 1. The molecule has 2 aliphatic rings. The van der Waals surface area contributed by atoms with Crippen LogP contribution in [0.4, 0.5) is 0 Å². The van der Waals surface area contributed by atoms with Gasteiger partial charge in [-0.2, -0.15) is 0 Å². The van der Waals surface area contributed by atoms with Crippen molar-refractivity contribution in [1.29, 1.82) is 0 Å². The van der Waals surface area contributed by atoms with Crippen molar-refractivity contribution >= 4 is 0 Å². The van der Waals surface area contributed by atoms with Crippen molar-refractivity contribution in [3.63, 3.8) is 0 Å². The molecule has 0 radical (unpaired) electrons. The number of aliphatic hydroxyl groups is 1. The van der Waals surface area contributed by atoms with Crippen LogP contribution in [0.2, 0.25) is 0 Å². The zero-order chi connectivity index (χ0) is 9.42. The van der Waals surface area contributed by atoms with E-state index in [4.69, 9.17) is 9.47 Å². The van der Waals surface area contributed by atoms with E-state index in [1.165, 1.54) is 0 Å². The van der Waals surface area contributed by atoms with E-state index in [0.717, 1.165) is 0 Å². The van der Waals surface area contributed by atoms with Crippen molar-refractivity contribution in [3.05, 3.63) is 10.1 Å². The van der Waals surface area contributed by atoms with Gasteiger partial charge in [-0.1, -0.05) is 0 Å². The number of ether oxygens (including phenoxy) is 2. The average molecular weight is 233 g/mol. The van der Waals surface area contributed by atoms with Crippen molar-refractivity contribution in [2.75, 3.05) is 13.2 Å². The summed E-state index contributed by atoms with van der Waals surface area (Å²) < 4.78 is 10.2. The van der Waals surface area contributed by atoms with E-state index < -0.39 is 29.5 Å². The van der Waals surface area contributed by atoms with E-state index in [1.54, 1.807) is 0 Å². The quantitative estimate of drug-likeness (QED) is 0.289. The molecule has 2 rings (SSSR count). The molecule has 2 fully saturated rings. The molecule has 0 aromatic rings. The Kier molecular flexibility index (Phi) is 5.96. The van der Waals surface area contributed by atoms with Crippen LogP contribution in [0.1, 0.15) is 1.43 Å². The van der Waals surface area contributed by atoms with E-state index in [9.17, 15) is 15.2 Å². The molecule has 0 unspecified atom stereocenters. The molecule has 3 N–H and O–H groups in total. The molecule has 2 heterocycles. The first-order chi connectivity index (χ1) is 6.18. The van der Waals surface area contributed by atoms with Crippen LogP contribution < -0.4 is 29.6 Å². The van der Waals surface area contributed by atoms with Gasteiger partial charge in [-0.05, 0) is 0 Å². The van der Waals surface area contributed by atoms with Crippen molar-refractivity contribution in [2.24, 2.45) is 0 Å². The van der Waals surface area contributed by atoms with Crippen LogP contribution in [0, 0.1) is 10.1 Å². The molecule has 9 heteroatoms. The van der Waals surface area contributed by atoms with E-state index in [1.807, 2.05) is 0 Å². The van der Waals surface area contributed by atoms with Gasteiger partial charge in [-0.15, -0.1) is 10.1 Å². The summed E-state index contributed by atoms with van der Waals surface area (Å²) in [7, 11) is 0. The van der Waals surface area contributed by atoms with Gasteiger partial charge < -0.3 is 26.3 Å². The first-order valence-electron chi connectivity index (χ1n) is 3.91.